The van der Waals surface area contributed by atoms with Crippen molar-refractivity contribution in [1.29, 1.82) is 0 Å². The molecule has 0 spiro atoms. The summed E-state index contributed by atoms with van der Waals surface area (Å²) in [5, 5.41) is 13.1. The second-order valence-electron chi connectivity index (χ2n) is 5.37. The van der Waals surface area contributed by atoms with Crippen molar-refractivity contribution in [3.8, 4) is 0 Å². The molecule has 2 N–H and O–H groups in total. The lowest BCUT2D eigenvalue weighted by Gasteiger charge is -2.31. The largest absolute Gasteiger partial charge is 0.396 e. The second-order valence-corrected chi connectivity index (χ2v) is 6.49. The number of likely N-dealkylation sites (tertiary alicyclic amines) is 1. The summed E-state index contributed by atoms with van der Waals surface area (Å²) in [5.41, 5.74) is 0.977. The lowest BCUT2D eigenvalue weighted by atomic mass is 9.99. The minimum atomic E-state index is -0.0626. The molecule has 1 aliphatic rings. The fourth-order valence-corrected chi connectivity index (χ4v) is 3.56. The molecule has 21 heavy (non-hydrogen) atoms. The van der Waals surface area contributed by atoms with Gasteiger partial charge in [0.1, 0.15) is 5.01 Å². The number of para-hydroxylation sites is 1. The van der Waals surface area contributed by atoms with Gasteiger partial charge in [-0.15, -0.1) is 11.3 Å². The Labute approximate surface area is 127 Å². The van der Waals surface area contributed by atoms with Gasteiger partial charge in [0.25, 0.3) is 0 Å². The molecule has 1 aromatic carbocycles. The fourth-order valence-electron chi connectivity index (χ4n) is 2.66. The van der Waals surface area contributed by atoms with Crippen molar-refractivity contribution in [3.63, 3.8) is 0 Å². The molecule has 1 unspecified atom stereocenters. The molecule has 1 aromatic heterocycles. The number of nitrogens with zero attached hydrogens (tertiary/aromatic N) is 2. The van der Waals surface area contributed by atoms with Crippen LogP contribution in [0, 0.1) is 5.92 Å². The number of hydrogen-bond donors (Lipinski definition) is 2. The quantitative estimate of drug-likeness (QED) is 0.914. The predicted molar refractivity (Wildman–Crippen MR) is 83.2 cm³/mol. The zero-order valence-electron chi connectivity index (χ0n) is 11.8. The summed E-state index contributed by atoms with van der Waals surface area (Å²) in [6.45, 7) is 2.02. The second kappa shape index (κ2) is 6.41. The highest BCUT2D eigenvalue weighted by Gasteiger charge is 2.22. The molecule has 0 saturated carbocycles. The lowest BCUT2D eigenvalue weighted by Crippen LogP contribution is -2.45. The number of aliphatic hydroxyl groups is 1. The maximum atomic E-state index is 12.2. The smallest absolute Gasteiger partial charge is 0.317 e. The van der Waals surface area contributed by atoms with Gasteiger partial charge in [0.15, 0.2) is 0 Å². The molecule has 1 aliphatic heterocycles. The summed E-state index contributed by atoms with van der Waals surface area (Å²) in [7, 11) is 0. The van der Waals surface area contributed by atoms with Crippen molar-refractivity contribution in [2.45, 2.75) is 19.4 Å². The number of hydrogen-bond acceptors (Lipinski definition) is 4. The van der Waals surface area contributed by atoms with Crippen LogP contribution >= 0.6 is 11.3 Å². The standard InChI is InChI=1S/C15H19N3O2S/c19-10-11-4-3-7-18(9-11)15(20)16-8-14-17-12-5-1-2-6-13(12)21-14/h1-2,5-6,11,19H,3-4,7-10H2,(H,16,20). The molecule has 3 rings (SSSR count). The van der Waals surface area contributed by atoms with Gasteiger partial charge in [0.2, 0.25) is 0 Å². The number of fused-ring (bicyclic) bond motifs is 1. The van der Waals surface area contributed by atoms with E-state index in [0.717, 1.165) is 34.6 Å². The zero-order valence-corrected chi connectivity index (χ0v) is 12.6. The van der Waals surface area contributed by atoms with Gasteiger partial charge in [-0.25, -0.2) is 9.78 Å². The Hall–Kier alpha value is -1.66. The minimum absolute atomic E-state index is 0.0626. The molecule has 0 aliphatic carbocycles. The number of amides is 2. The van der Waals surface area contributed by atoms with E-state index >= 15 is 0 Å². The molecule has 6 heteroatoms. The van der Waals surface area contributed by atoms with Crippen molar-refractivity contribution < 1.29 is 9.90 Å². The molecule has 2 amide bonds. The van der Waals surface area contributed by atoms with E-state index in [-0.39, 0.29) is 18.6 Å². The van der Waals surface area contributed by atoms with E-state index in [1.54, 1.807) is 16.2 Å². The first-order valence-corrected chi connectivity index (χ1v) is 8.06. The number of aromatic nitrogens is 1. The molecule has 112 valence electrons. The molecule has 0 bridgehead atoms. The zero-order chi connectivity index (χ0) is 14.7. The van der Waals surface area contributed by atoms with Gasteiger partial charge in [-0.2, -0.15) is 0 Å². The average molecular weight is 305 g/mol. The van der Waals surface area contributed by atoms with Crippen LogP contribution in [-0.4, -0.2) is 40.7 Å². The van der Waals surface area contributed by atoms with Gasteiger partial charge < -0.3 is 15.3 Å². The highest BCUT2D eigenvalue weighted by molar-refractivity contribution is 7.18. The predicted octanol–water partition coefficient (Wildman–Crippen LogP) is 2.21. The third-order valence-electron chi connectivity index (χ3n) is 3.79. The van der Waals surface area contributed by atoms with Crippen LogP contribution in [0.5, 0.6) is 0 Å². The van der Waals surface area contributed by atoms with E-state index in [2.05, 4.69) is 10.3 Å². The summed E-state index contributed by atoms with van der Waals surface area (Å²) >= 11 is 1.61. The number of piperidine rings is 1. The minimum Gasteiger partial charge on any atom is -0.396 e. The highest BCUT2D eigenvalue weighted by Crippen LogP contribution is 2.21. The van der Waals surface area contributed by atoms with Crippen LogP contribution in [0.25, 0.3) is 10.2 Å². The Morgan fingerprint density at radius 3 is 3.14 bits per heavy atom. The summed E-state index contributed by atoms with van der Waals surface area (Å²) in [6.07, 6.45) is 1.96. The van der Waals surface area contributed by atoms with Crippen molar-refractivity contribution in [2.75, 3.05) is 19.7 Å². The number of aliphatic hydroxyl groups excluding tert-OH is 1. The lowest BCUT2D eigenvalue weighted by molar-refractivity contribution is 0.129. The average Bonchev–Trinajstić information content (AvgIpc) is 2.95. The van der Waals surface area contributed by atoms with E-state index in [1.165, 1.54) is 0 Å². The molecular weight excluding hydrogens is 286 g/mol. The SMILES string of the molecule is O=C(NCc1nc2ccccc2s1)N1CCCC(CO)C1. The van der Waals surface area contributed by atoms with Crippen LogP contribution < -0.4 is 5.32 Å². The first-order valence-electron chi connectivity index (χ1n) is 7.24. The van der Waals surface area contributed by atoms with Crippen LogP contribution in [0.2, 0.25) is 0 Å². The van der Waals surface area contributed by atoms with E-state index in [9.17, 15) is 9.90 Å². The maximum Gasteiger partial charge on any atom is 0.317 e. The third kappa shape index (κ3) is 3.33. The number of thiazole rings is 1. The molecule has 5 nitrogen and oxygen atoms in total. The van der Waals surface area contributed by atoms with Crippen LogP contribution in [0.4, 0.5) is 4.79 Å². The first-order chi connectivity index (χ1) is 10.3. The Kier molecular flexibility index (Phi) is 4.36. The maximum absolute atomic E-state index is 12.2. The fraction of sp³-hybridized carbons (Fsp3) is 0.467. The summed E-state index contributed by atoms with van der Waals surface area (Å²) < 4.78 is 1.14. The molecular formula is C15H19N3O2S. The van der Waals surface area contributed by atoms with Crippen LogP contribution in [-0.2, 0) is 6.54 Å². The van der Waals surface area contributed by atoms with Gasteiger partial charge in [0.05, 0.1) is 16.8 Å². The van der Waals surface area contributed by atoms with Gasteiger partial charge in [-0.3, -0.25) is 0 Å². The van der Waals surface area contributed by atoms with E-state index in [0.29, 0.717) is 13.1 Å². The molecule has 1 fully saturated rings. The summed E-state index contributed by atoms with van der Waals surface area (Å²) in [4.78, 5) is 18.5. The Morgan fingerprint density at radius 1 is 1.48 bits per heavy atom. The van der Waals surface area contributed by atoms with Gasteiger partial charge in [0, 0.05) is 19.7 Å². The molecule has 2 heterocycles. The van der Waals surface area contributed by atoms with E-state index in [4.69, 9.17) is 0 Å². The van der Waals surface area contributed by atoms with Gasteiger partial charge in [-0.05, 0) is 30.9 Å². The topological polar surface area (TPSA) is 65.5 Å². The van der Waals surface area contributed by atoms with Crippen LogP contribution in [0.15, 0.2) is 24.3 Å². The Bertz CT molecular complexity index is 595. The highest BCUT2D eigenvalue weighted by atomic mass is 32.1. The van der Waals surface area contributed by atoms with Crippen molar-refractivity contribution in [1.82, 2.24) is 15.2 Å². The Morgan fingerprint density at radius 2 is 2.33 bits per heavy atom. The number of carbonyl (C=O) groups is 1. The summed E-state index contributed by atoms with van der Waals surface area (Å²) in [6, 6.07) is 7.91. The Balaban J connectivity index is 1.57. The van der Waals surface area contributed by atoms with Crippen molar-refractivity contribution in [3.05, 3.63) is 29.3 Å². The van der Waals surface area contributed by atoms with Gasteiger partial charge in [-0.1, -0.05) is 12.1 Å². The van der Waals surface area contributed by atoms with E-state index < -0.39 is 0 Å². The molecule has 2 aromatic rings. The molecule has 0 radical (unpaired) electrons. The number of nitrogens with one attached hydrogen (secondary N) is 1. The van der Waals surface area contributed by atoms with E-state index in [1.807, 2.05) is 24.3 Å². The number of benzene rings is 1. The summed E-state index contributed by atoms with van der Waals surface area (Å²) in [5.74, 6) is 0.215. The number of carbonyl (C=O) groups excluding carboxylic acids is 1. The van der Waals surface area contributed by atoms with Crippen molar-refractivity contribution in [2.24, 2.45) is 5.92 Å². The number of rotatable bonds is 3. The van der Waals surface area contributed by atoms with Gasteiger partial charge >= 0.3 is 6.03 Å². The first kappa shape index (κ1) is 14.3. The monoisotopic (exact) mass is 305 g/mol. The third-order valence-corrected chi connectivity index (χ3v) is 4.83. The van der Waals surface area contributed by atoms with Crippen LogP contribution in [0.1, 0.15) is 17.8 Å². The number of urea groups is 1. The molecule has 1 saturated heterocycles. The normalized spacial score (nSPS) is 18.9. The van der Waals surface area contributed by atoms with Crippen LogP contribution in [0.3, 0.4) is 0 Å². The van der Waals surface area contributed by atoms with Crippen molar-refractivity contribution >= 4 is 27.6 Å². The molecule has 1 atom stereocenters.